The van der Waals surface area contributed by atoms with Gasteiger partial charge in [-0.05, 0) is 0 Å². The fourth-order valence-electron chi connectivity index (χ4n) is 0. The molecular formula is H2BaO3S. The molecule has 2 N–H and O–H groups in total. The molecule has 0 aromatic rings. The molecular weight excluding hydrogens is 217 g/mol. The SMILES string of the molecule is O=S(O)O.[Ba]. The van der Waals surface area contributed by atoms with Gasteiger partial charge < -0.3 is 0 Å². The molecule has 5 heavy (non-hydrogen) atoms. The second-order valence-corrected chi connectivity index (χ2v) is 0.692. The third kappa shape index (κ3) is 27.8. The first-order valence-corrected chi connectivity index (χ1v) is 1.60. The summed E-state index contributed by atoms with van der Waals surface area (Å²) in [6.45, 7) is 0. The van der Waals surface area contributed by atoms with Crippen LogP contribution in [0.3, 0.4) is 0 Å². The summed E-state index contributed by atoms with van der Waals surface area (Å²) in [6, 6.07) is 0. The molecule has 0 fully saturated rings. The van der Waals surface area contributed by atoms with Crippen LogP contribution >= 0.6 is 0 Å². The van der Waals surface area contributed by atoms with Gasteiger partial charge in [0.15, 0.2) is 0 Å². The first kappa shape index (κ1) is 9.81. The van der Waals surface area contributed by atoms with E-state index in [0.717, 1.165) is 0 Å². The molecule has 0 spiro atoms. The van der Waals surface area contributed by atoms with Crippen molar-refractivity contribution in [1.29, 1.82) is 0 Å². The molecule has 28 valence electrons. The van der Waals surface area contributed by atoms with Crippen LogP contribution in [0.15, 0.2) is 0 Å². The van der Waals surface area contributed by atoms with Gasteiger partial charge in [0.2, 0.25) is 0 Å². The van der Waals surface area contributed by atoms with Gasteiger partial charge in [-0.3, -0.25) is 9.11 Å². The van der Waals surface area contributed by atoms with E-state index in [1.165, 1.54) is 0 Å². The van der Waals surface area contributed by atoms with Crippen LogP contribution in [0.25, 0.3) is 0 Å². The van der Waals surface area contributed by atoms with E-state index in [2.05, 4.69) is 0 Å². The Bertz CT molecular complexity index is 29.9. The maximum atomic E-state index is 8.67. The zero-order chi connectivity index (χ0) is 3.58. The maximum absolute atomic E-state index is 8.67. The Morgan fingerprint density at radius 3 is 1.40 bits per heavy atom. The molecule has 0 saturated carbocycles. The largest absolute Gasteiger partial charge is 0.299 e. The fourth-order valence-corrected chi connectivity index (χ4v) is 0. The smallest absolute Gasteiger partial charge is 0.284 e. The minimum absolute atomic E-state index is 0. The molecule has 0 unspecified atom stereocenters. The number of rotatable bonds is 0. The monoisotopic (exact) mass is 220 g/mol. The van der Waals surface area contributed by atoms with Gasteiger partial charge in [-0.1, -0.05) is 0 Å². The van der Waals surface area contributed by atoms with Crippen molar-refractivity contribution in [3.63, 3.8) is 0 Å². The second-order valence-electron chi connectivity index (χ2n) is 0.231. The Morgan fingerprint density at radius 2 is 1.40 bits per heavy atom. The molecule has 0 rings (SSSR count). The minimum atomic E-state index is -2.61. The number of hydrogen-bond donors (Lipinski definition) is 2. The summed E-state index contributed by atoms with van der Waals surface area (Å²) in [5.41, 5.74) is 0. The van der Waals surface area contributed by atoms with Gasteiger partial charge >= 0.3 is 0 Å². The average Bonchev–Trinajstić information content (AvgIpc) is 0.811. The Kier molecular flexibility index (Phi) is 11.1. The predicted molar refractivity (Wildman–Crippen MR) is 19.2 cm³/mol. The van der Waals surface area contributed by atoms with Gasteiger partial charge in [-0.25, -0.2) is 0 Å². The van der Waals surface area contributed by atoms with E-state index in [4.69, 9.17) is 13.3 Å². The third-order valence-corrected chi connectivity index (χ3v) is 0. The zero-order valence-corrected chi connectivity index (χ0v) is 7.68. The molecule has 2 radical (unpaired) electrons. The van der Waals surface area contributed by atoms with Crippen LogP contribution in [0.4, 0.5) is 0 Å². The quantitative estimate of drug-likeness (QED) is 0.418. The van der Waals surface area contributed by atoms with Crippen LogP contribution in [0.2, 0.25) is 0 Å². The van der Waals surface area contributed by atoms with Crippen LogP contribution in [-0.4, -0.2) is 62.2 Å². The molecule has 0 heterocycles. The van der Waals surface area contributed by atoms with E-state index in [1.54, 1.807) is 0 Å². The molecule has 0 aliphatic heterocycles. The van der Waals surface area contributed by atoms with Crippen molar-refractivity contribution in [2.45, 2.75) is 0 Å². The average molecular weight is 219 g/mol. The van der Waals surface area contributed by atoms with Crippen LogP contribution in [0.1, 0.15) is 0 Å². The molecule has 0 atom stereocenters. The fraction of sp³-hybridized carbons (Fsp3) is 0. The molecule has 0 amide bonds. The van der Waals surface area contributed by atoms with E-state index < -0.39 is 11.4 Å². The maximum Gasteiger partial charge on any atom is 0.299 e. The molecule has 0 saturated heterocycles. The van der Waals surface area contributed by atoms with Crippen molar-refractivity contribution in [3.05, 3.63) is 0 Å². The summed E-state index contributed by atoms with van der Waals surface area (Å²) in [6.07, 6.45) is 0. The molecule has 0 bridgehead atoms. The van der Waals surface area contributed by atoms with Crippen LogP contribution in [0.5, 0.6) is 0 Å². The number of hydrogen-bond acceptors (Lipinski definition) is 1. The van der Waals surface area contributed by atoms with Crippen molar-refractivity contribution in [2.75, 3.05) is 0 Å². The zero-order valence-electron chi connectivity index (χ0n) is 2.42. The van der Waals surface area contributed by atoms with Gasteiger partial charge in [0.1, 0.15) is 0 Å². The van der Waals surface area contributed by atoms with Gasteiger partial charge in [0, 0.05) is 48.9 Å². The standard InChI is InChI=1S/Ba.H2O3S/c;1-4(2)3/h;(H2,1,2,3). The Hall–Kier alpha value is 1.64. The van der Waals surface area contributed by atoms with Gasteiger partial charge in [0.05, 0.1) is 0 Å². The minimum Gasteiger partial charge on any atom is -0.284 e. The van der Waals surface area contributed by atoms with E-state index in [9.17, 15) is 0 Å². The summed E-state index contributed by atoms with van der Waals surface area (Å²) >= 11 is -2.61. The Morgan fingerprint density at radius 1 is 1.40 bits per heavy atom. The van der Waals surface area contributed by atoms with Crippen molar-refractivity contribution >= 4 is 60.2 Å². The second kappa shape index (κ2) is 5.64. The summed E-state index contributed by atoms with van der Waals surface area (Å²) in [5, 5.41) is 0. The summed E-state index contributed by atoms with van der Waals surface area (Å²) < 4.78 is 22.8. The van der Waals surface area contributed by atoms with E-state index >= 15 is 0 Å². The van der Waals surface area contributed by atoms with Crippen molar-refractivity contribution in [3.8, 4) is 0 Å². The molecule has 5 heteroatoms. The van der Waals surface area contributed by atoms with Gasteiger partial charge in [-0.15, -0.1) is 0 Å². The molecule has 0 aliphatic rings. The van der Waals surface area contributed by atoms with Crippen molar-refractivity contribution in [2.24, 2.45) is 0 Å². The van der Waals surface area contributed by atoms with Gasteiger partial charge in [0.25, 0.3) is 11.4 Å². The topological polar surface area (TPSA) is 57.5 Å². The molecule has 0 aromatic carbocycles. The van der Waals surface area contributed by atoms with E-state index in [1.807, 2.05) is 0 Å². The third-order valence-electron chi connectivity index (χ3n) is 0. The van der Waals surface area contributed by atoms with Crippen LogP contribution in [-0.2, 0) is 11.4 Å². The predicted octanol–water partition coefficient (Wildman–Crippen LogP) is -0.700. The summed E-state index contributed by atoms with van der Waals surface area (Å²) in [4.78, 5) is 0. The first-order valence-electron chi connectivity index (χ1n) is 0.532. The summed E-state index contributed by atoms with van der Waals surface area (Å²) in [7, 11) is 0. The van der Waals surface area contributed by atoms with Crippen molar-refractivity contribution < 1.29 is 13.3 Å². The van der Waals surface area contributed by atoms with Gasteiger partial charge in [-0.2, -0.15) is 4.21 Å². The first-order chi connectivity index (χ1) is 1.73. The van der Waals surface area contributed by atoms with Crippen molar-refractivity contribution in [1.82, 2.24) is 0 Å². The Balaban J connectivity index is 0. The van der Waals surface area contributed by atoms with E-state index in [-0.39, 0.29) is 48.9 Å². The Labute approximate surface area is 72.3 Å². The normalized spacial score (nSPS) is 7.00. The molecule has 3 nitrogen and oxygen atoms in total. The summed E-state index contributed by atoms with van der Waals surface area (Å²) in [5.74, 6) is 0. The van der Waals surface area contributed by atoms with E-state index in [0.29, 0.717) is 0 Å². The molecule has 0 aromatic heterocycles. The van der Waals surface area contributed by atoms with Crippen LogP contribution < -0.4 is 0 Å². The molecule has 0 aliphatic carbocycles. The van der Waals surface area contributed by atoms with Crippen LogP contribution in [0, 0.1) is 0 Å².